The summed E-state index contributed by atoms with van der Waals surface area (Å²) >= 11 is 3.19. The summed E-state index contributed by atoms with van der Waals surface area (Å²) in [4.78, 5) is 20.9. The van der Waals surface area contributed by atoms with Crippen molar-refractivity contribution in [3.05, 3.63) is 0 Å². The predicted octanol–water partition coefficient (Wildman–Crippen LogP) is -3.51. The second-order valence-corrected chi connectivity index (χ2v) is 3.54. The average molecular weight is 292 g/mol. The second kappa shape index (κ2) is 4.87. The molecule has 0 amide bonds. The molecule has 0 heterocycles. The minimum atomic E-state index is -1.42. The van der Waals surface area contributed by atoms with Crippen molar-refractivity contribution in [2.75, 3.05) is 0 Å². The van der Waals surface area contributed by atoms with Gasteiger partial charge in [0.05, 0.1) is 0 Å². The zero-order valence-corrected chi connectivity index (χ0v) is 8.92. The van der Waals surface area contributed by atoms with Gasteiger partial charge >= 0.3 is 78.5 Å². The molecule has 0 radical (unpaired) electrons. The van der Waals surface area contributed by atoms with Crippen LogP contribution >= 0.6 is 0 Å². The Morgan fingerprint density at radius 3 is 1.55 bits per heavy atom. The molecule has 0 bridgehead atoms. The first kappa shape index (κ1) is 11.1. The normalized spacial score (nSPS) is 15.3. The van der Waals surface area contributed by atoms with Crippen molar-refractivity contribution in [2.45, 2.75) is 10.0 Å². The summed E-state index contributed by atoms with van der Waals surface area (Å²) in [5.74, 6) is -2.19. The molecule has 0 aliphatic heterocycles. The monoisotopic (exact) mass is 294 g/mol. The Bertz CT molecular complexity index is 148. The van der Waals surface area contributed by atoms with E-state index in [9.17, 15) is 9.59 Å². The number of aliphatic hydroxyl groups is 2. The van der Waals surface area contributed by atoms with Gasteiger partial charge in [-0.05, 0) is 0 Å². The number of aliphatic hydroxyl groups excluding tert-OH is 2. The number of carbonyl (C=O) groups is 2. The van der Waals surface area contributed by atoms with Gasteiger partial charge in [-0.2, -0.15) is 0 Å². The summed E-state index contributed by atoms with van der Waals surface area (Å²) in [5.41, 5.74) is 0. The van der Waals surface area contributed by atoms with Gasteiger partial charge in [-0.3, -0.25) is 0 Å². The molecule has 0 saturated heterocycles. The van der Waals surface area contributed by atoms with Crippen LogP contribution in [0.25, 0.3) is 0 Å². The summed E-state index contributed by atoms with van der Waals surface area (Å²) in [7, 11) is 0. The van der Waals surface area contributed by atoms with Crippen LogP contribution in [0.5, 0.6) is 0 Å². The van der Waals surface area contributed by atoms with Crippen LogP contribution in [0.15, 0.2) is 0 Å². The van der Waals surface area contributed by atoms with Crippen molar-refractivity contribution in [1.82, 2.24) is 0 Å². The Morgan fingerprint density at radius 1 is 1.09 bits per heavy atom. The Hall–Kier alpha value is 0.0990. The van der Waals surface area contributed by atoms with Crippen LogP contribution in [0.2, 0.25) is 0 Å². The van der Waals surface area contributed by atoms with Crippen molar-refractivity contribution in [1.29, 1.82) is 0 Å². The van der Waals surface area contributed by atoms with E-state index in [1.807, 2.05) is 0 Å². The standard InChI is InChI=1S/C4H6O5Se2/c5-1(3(7)10)9-2(6)4(8)11/h3-4,7-8,10-11H. The molecular formula is C4H6O5Se2. The second-order valence-electron chi connectivity index (χ2n) is 1.49. The third-order valence-corrected chi connectivity index (χ3v) is 1.51. The van der Waals surface area contributed by atoms with Gasteiger partial charge in [-0.25, -0.2) is 0 Å². The number of hydrogen-bond acceptors (Lipinski definition) is 5. The number of carbonyl (C=O) groups excluding carboxylic acids is 2. The van der Waals surface area contributed by atoms with Crippen LogP contribution in [0.4, 0.5) is 0 Å². The molecule has 0 aliphatic carbocycles. The molecule has 0 fully saturated rings. The van der Waals surface area contributed by atoms with E-state index in [0.29, 0.717) is 0 Å². The van der Waals surface area contributed by atoms with Gasteiger partial charge in [0, 0.05) is 0 Å². The minimum absolute atomic E-state index is 1.10. The van der Waals surface area contributed by atoms with Crippen molar-refractivity contribution in [3.63, 3.8) is 0 Å². The molecule has 0 aromatic heterocycles. The van der Waals surface area contributed by atoms with E-state index in [-0.39, 0.29) is 0 Å². The maximum atomic E-state index is 10.4. The third kappa shape index (κ3) is 4.53. The molecule has 0 saturated carbocycles. The van der Waals surface area contributed by atoms with Crippen LogP contribution < -0.4 is 0 Å². The van der Waals surface area contributed by atoms with Gasteiger partial charge in [0.2, 0.25) is 0 Å². The summed E-state index contributed by atoms with van der Waals surface area (Å²) in [6, 6.07) is 0. The van der Waals surface area contributed by atoms with Crippen LogP contribution in [-0.2, 0) is 14.3 Å². The molecule has 0 spiro atoms. The Balaban J connectivity index is 3.86. The van der Waals surface area contributed by atoms with Crippen LogP contribution in [0.3, 0.4) is 0 Å². The van der Waals surface area contributed by atoms with E-state index in [1.165, 1.54) is 0 Å². The zero-order valence-electron chi connectivity index (χ0n) is 5.17. The molecule has 2 atom stereocenters. The van der Waals surface area contributed by atoms with Crippen LogP contribution in [-0.4, -0.2) is 64.2 Å². The molecule has 0 aromatic rings. The zero-order chi connectivity index (χ0) is 9.02. The van der Waals surface area contributed by atoms with Gasteiger partial charge in [0.15, 0.2) is 0 Å². The molecule has 7 heteroatoms. The molecular weight excluding hydrogens is 286 g/mol. The fourth-order valence-electron chi connectivity index (χ4n) is 0.205. The van der Waals surface area contributed by atoms with Gasteiger partial charge < -0.3 is 0 Å². The van der Waals surface area contributed by atoms with Crippen molar-refractivity contribution in [3.8, 4) is 0 Å². The summed E-state index contributed by atoms with van der Waals surface area (Å²) < 4.78 is 3.96. The fraction of sp³-hybridized carbons (Fsp3) is 0.500. The van der Waals surface area contributed by atoms with E-state index in [4.69, 9.17) is 10.2 Å². The SMILES string of the molecule is O=C(OC(=O)C(O)[SeH])C(O)[SeH]. The summed E-state index contributed by atoms with van der Waals surface area (Å²) in [6.07, 6.45) is 0. The number of rotatable bonds is 2. The van der Waals surface area contributed by atoms with Crippen LogP contribution in [0, 0.1) is 0 Å². The van der Waals surface area contributed by atoms with E-state index >= 15 is 0 Å². The van der Waals surface area contributed by atoms with Gasteiger partial charge in [0.1, 0.15) is 0 Å². The quantitative estimate of drug-likeness (QED) is 0.313. The topological polar surface area (TPSA) is 83.8 Å². The molecule has 2 N–H and O–H groups in total. The molecule has 0 aromatic carbocycles. The third-order valence-electron chi connectivity index (χ3n) is 0.623. The Morgan fingerprint density at radius 2 is 1.36 bits per heavy atom. The maximum absolute atomic E-state index is 10.4. The van der Waals surface area contributed by atoms with E-state index < -0.39 is 21.9 Å². The summed E-state index contributed by atoms with van der Waals surface area (Å²) in [6.45, 7) is 0. The van der Waals surface area contributed by atoms with E-state index in [1.54, 1.807) is 32.0 Å². The van der Waals surface area contributed by atoms with Crippen molar-refractivity contribution < 1.29 is 24.5 Å². The van der Waals surface area contributed by atoms with Gasteiger partial charge in [0.25, 0.3) is 0 Å². The van der Waals surface area contributed by atoms with Crippen molar-refractivity contribution in [2.24, 2.45) is 0 Å². The fourth-order valence-corrected chi connectivity index (χ4v) is 0.426. The predicted molar refractivity (Wildman–Crippen MR) is 37.4 cm³/mol. The number of esters is 2. The summed E-state index contributed by atoms with van der Waals surface area (Å²) in [5, 5.41) is 14.2. The Kier molecular flexibility index (Phi) is 4.92. The van der Waals surface area contributed by atoms with Gasteiger partial charge in [-0.1, -0.05) is 0 Å². The average Bonchev–Trinajstić information content (AvgIpc) is 1.87. The molecule has 0 aliphatic rings. The number of ether oxygens (including phenoxy) is 1. The first-order valence-electron chi connectivity index (χ1n) is 2.43. The van der Waals surface area contributed by atoms with E-state index in [2.05, 4.69) is 4.74 Å². The van der Waals surface area contributed by atoms with Crippen LogP contribution in [0.1, 0.15) is 0 Å². The molecule has 2 unspecified atom stereocenters. The Labute approximate surface area is 78.7 Å². The first-order valence-corrected chi connectivity index (χ1v) is 4.59. The number of hydrogen-bond donors (Lipinski definition) is 2. The molecule has 0 rings (SSSR count). The molecule has 11 heavy (non-hydrogen) atoms. The molecule has 64 valence electrons. The van der Waals surface area contributed by atoms with Gasteiger partial charge in [-0.15, -0.1) is 0 Å². The van der Waals surface area contributed by atoms with Crippen molar-refractivity contribution >= 4 is 44.0 Å². The van der Waals surface area contributed by atoms with E-state index in [0.717, 1.165) is 0 Å². The molecule has 5 nitrogen and oxygen atoms in total. The first-order chi connectivity index (χ1) is 4.95.